The second kappa shape index (κ2) is 8.79. The second-order valence-corrected chi connectivity index (χ2v) is 8.52. The van der Waals surface area contributed by atoms with Gasteiger partial charge in [0.15, 0.2) is 0 Å². The van der Waals surface area contributed by atoms with Gasteiger partial charge in [0, 0.05) is 24.4 Å². The number of anilines is 2. The molecule has 0 unspecified atom stereocenters. The van der Waals surface area contributed by atoms with E-state index in [9.17, 15) is 13.2 Å². The quantitative estimate of drug-likeness (QED) is 0.641. The molecule has 0 fully saturated rings. The number of carbonyl (C=O) groups excluding carboxylic acids is 1. The summed E-state index contributed by atoms with van der Waals surface area (Å²) in [5.41, 5.74) is 2.37. The standard InChI is InChI=1S/C22H22N2O4S/c1-24(29(2,26)27)20-14-13-19(23-22(25)18-11-7-4-8-12-18)15-21(20)28-16-17-9-5-3-6-10-17/h3-15H,16H2,1-2H3,(H,23,25). The first-order chi connectivity index (χ1) is 13.8. The number of sulfonamides is 1. The van der Waals surface area contributed by atoms with Gasteiger partial charge in [-0.15, -0.1) is 0 Å². The van der Waals surface area contributed by atoms with Gasteiger partial charge in [-0.05, 0) is 29.8 Å². The summed E-state index contributed by atoms with van der Waals surface area (Å²) in [5, 5.41) is 2.81. The van der Waals surface area contributed by atoms with Crippen molar-refractivity contribution in [2.45, 2.75) is 6.61 Å². The molecule has 0 saturated heterocycles. The highest BCUT2D eigenvalue weighted by Crippen LogP contribution is 2.33. The van der Waals surface area contributed by atoms with E-state index in [4.69, 9.17) is 4.74 Å². The Hall–Kier alpha value is -3.32. The lowest BCUT2D eigenvalue weighted by molar-refractivity contribution is 0.102. The fraction of sp³-hybridized carbons (Fsp3) is 0.136. The zero-order chi connectivity index (χ0) is 20.9. The Kier molecular flexibility index (Phi) is 6.19. The zero-order valence-electron chi connectivity index (χ0n) is 16.2. The average molecular weight is 410 g/mol. The van der Waals surface area contributed by atoms with Crippen LogP contribution in [0.3, 0.4) is 0 Å². The Morgan fingerprint density at radius 2 is 1.59 bits per heavy atom. The van der Waals surface area contributed by atoms with Gasteiger partial charge in [-0.1, -0.05) is 48.5 Å². The van der Waals surface area contributed by atoms with Gasteiger partial charge in [-0.25, -0.2) is 8.42 Å². The molecule has 3 rings (SSSR count). The molecule has 1 N–H and O–H groups in total. The molecule has 0 aliphatic carbocycles. The van der Waals surface area contributed by atoms with Crippen molar-refractivity contribution in [2.75, 3.05) is 22.9 Å². The molecule has 0 spiro atoms. The van der Waals surface area contributed by atoms with E-state index in [-0.39, 0.29) is 12.5 Å². The van der Waals surface area contributed by atoms with Crippen LogP contribution in [-0.4, -0.2) is 27.6 Å². The highest BCUT2D eigenvalue weighted by molar-refractivity contribution is 7.92. The molecule has 6 nitrogen and oxygen atoms in total. The normalized spacial score (nSPS) is 11.0. The lowest BCUT2D eigenvalue weighted by Gasteiger charge is -2.21. The monoisotopic (exact) mass is 410 g/mol. The van der Waals surface area contributed by atoms with E-state index in [1.165, 1.54) is 7.05 Å². The largest absolute Gasteiger partial charge is 0.487 e. The minimum absolute atomic E-state index is 0.260. The minimum Gasteiger partial charge on any atom is -0.487 e. The molecule has 3 aromatic rings. The third kappa shape index (κ3) is 5.36. The zero-order valence-corrected chi connectivity index (χ0v) is 17.0. The first kappa shape index (κ1) is 20.4. The summed E-state index contributed by atoms with van der Waals surface area (Å²) in [4.78, 5) is 12.4. The molecule has 7 heteroatoms. The first-order valence-corrected chi connectivity index (χ1v) is 10.8. The number of nitrogens with zero attached hydrogens (tertiary/aromatic N) is 1. The lowest BCUT2D eigenvalue weighted by atomic mass is 10.2. The Labute approximate surface area is 170 Å². The fourth-order valence-corrected chi connectivity index (χ4v) is 3.18. The number of carbonyl (C=O) groups is 1. The number of nitrogens with one attached hydrogen (secondary N) is 1. The van der Waals surface area contributed by atoms with Gasteiger partial charge in [0.2, 0.25) is 10.0 Å². The lowest BCUT2D eigenvalue weighted by Crippen LogP contribution is -2.25. The van der Waals surface area contributed by atoms with Gasteiger partial charge in [0.05, 0.1) is 11.9 Å². The van der Waals surface area contributed by atoms with Crippen molar-refractivity contribution in [3.63, 3.8) is 0 Å². The highest BCUT2D eigenvalue weighted by atomic mass is 32.2. The van der Waals surface area contributed by atoms with Crippen LogP contribution in [-0.2, 0) is 16.6 Å². The molecule has 0 aliphatic heterocycles. The van der Waals surface area contributed by atoms with Crippen LogP contribution in [0.1, 0.15) is 15.9 Å². The third-order valence-corrected chi connectivity index (χ3v) is 5.52. The van der Waals surface area contributed by atoms with E-state index in [0.717, 1.165) is 16.1 Å². The van der Waals surface area contributed by atoms with Gasteiger partial charge in [0.25, 0.3) is 5.91 Å². The smallest absolute Gasteiger partial charge is 0.255 e. The third-order valence-electron chi connectivity index (χ3n) is 4.33. The Morgan fingerprint density at radius 3 is 2.21 bits per heavy atom. The molecule has 0 radical (unpaired) electrons. The van der Waals surface area contributed by atoms with Crippen molar-refractivity contribution < 1.29 is 17.9 Å². The Balaban J connectivity index is 1.88. The van der Waals surface area contributed by atoms with Crippen molar-refractivity contribution in [1.82, 2.24) is 0 Å². The van der Waals surface area contributed by atoms with Crippen molar-refractivity contribution >= 4 is 27.3 Å². The molecule has 0 atom stereocenters. The van der Waals surface area contributed by atoms with Crippen molar-refractivity contribution in [3.8, 4) is 5.75 Å². The number of ether oxygens (including phenoxy) is 1. The van der Waals surface area contributed by atoms with Gasteiger partial charge in [-0.2, -0.15) is 0 Å². The Bertz CT molecular complexity index is 1080. The summed E-state index contributed by atoms with van der Waals surface area (Å²) >= 11 is 0. The number of benzene rings is 3. The molecule has 3 aromatic carbocycles. The van der Waals surface area contributed by atoms with Crippen LogP contribution in [0.5, 0.6) is 5.75 Å². The molecule has 0 heterocycles. The minimum atomic E-state index is -3.47. The number of hydrogen-bond donors (Lipinski definition) is 1. The number of hydrogen-bond acceptors (Lipinski definition) is 4. The molecular formula is C22H22N2O4S. The number of amides is 1. The van der Waals surface area contributed by atoms with Crippen molar-refractivity contribution in [1.29, 1.82) is 0 Å². The van der Waals surface area contributed by atoms with Gasteiger partial charge in [0.1, 0.15) is 12.4 Å². The maximum Gasteiger partial charge on any atom is 0.255 e. The molecule has 0 saturated carbocycles. The summed E-state index contributed by atoms with van der Waals surface area (Å²) in [7, 11) is -2.01. The van der Waals surface area contributed by atoms with Gasteiger partial charge >= 0.3 is 0 Å². The van der Waals surface area contributed by atoms with E-state index in [0.29, 0.717) is 22.7 Å². The van der Waals surface area contributed by atoms with Crippen LogP contribution in [0.4, 0.5) is 11.4 Å². The van der Waals surface area contributed by atoms with Gasteiger partial charge in [-0.3, -0.25) is 9.10 Å². The molecular weight excluding hydrogens is 388 g/mol. The van der Waals surface area contributed by atoms with Crippen LogP contribution >= 0.6 is 0 Å². The van der Waals surface area contributed by atoms with E-state index < -0.39 is 10.0 Å². The maximum absolute atomic E-state index is 12.4. The van der Waals surface area contributed by atoms with E-state index in [1.54, 1.807) is 42.5 Å². The molecule has 150 valence electrons. The highest BCUT2D eigenvalue weighted by Gasteiger charge is 2.18. The predicted molar refractivity (Wildman–Crippen MR) is 115 cm³/mol. The van der Waals surface area contributed by atoms with Crippen LogP contribution in [0.15, 0.2) is 78.9 Å². The topological polar surface area (TPSA) is 75.7 Å². The molecule has 0 aromatic heterocycles. The SMILES string of the molecule is CN(c1ccc(NC(=O)c2ccccc2)cc1OCc1ccccc1)S(C)(=O)=O. The molecule has 1 amide bonds. The average Bonchev–Trinajstić information content (AvgIpc) is 2.72. The van der Waals surface area contributed by atoms with Gasteiger partial charge < -0.3 is 10.1 Å². The first-order valence-electron chi connectivity index (χ1n) is 8.95. The van der Waals surface area contributed by atoms with Crippen LogP contribution in [0, 0.1) is 0 Å². The fourth-order valence-electron chi connectivity index (χ4n) is 2.67. The summed E-state index contributed by atoms with van der Waals surface area (Å²) in [6.07, 6.45) is 1.12. The molecule has 29 heavy (non-hydrogen) atoms. The Morgan fingerprint density at radius 1 is 0.966 bits per heavy atom. The summed E-state index contributed by atoms with van der Waals surface area (Å²) in [5.74, 6) is 0.0940. The maximum atomic E-state index is 12.4. The predicted octanol–water partition coefficient (Wildman–Crippen LogP) is 3.91. The summed E-state index contributed by atoms with van der Waals surface area (Å²) in [6.45, 7) is 0.265. The van der Waals surface area contributed by atoms with Crippen molar-refractivity contribution in [2.24, 2.45) is 0 Å². The summed E-state index contributed by atoms with van der Waals surface area (Å²) in [6, 6.07) is 23.3. The van der Waals surface area contributed by atoms with E-state index >= 15 is 0 Å². The summed E-state index contributed by atoms with van der Waals surface area (Å²) < 4.78 is 31.1. The number of rotatable bonds is 7. The molecule has 0 aliphatic rings. The van der Waals surface area contributed by atoms with Crippen molar-refractivity contribution in [3.05, 3.63) is 90.0 Å². The second-order valence-electron chi connectivity index (χ2n) is 6.51. The van der Waals surface area contributed by atoms with E-state index in [1.807, 2.05) is 36.4 Å². The van der Waals surface area contributed by atoms with E-state index in [2.05, 4.69) is 5.32 Å². The van der Waals surface area contributed by atoms with Crippen LogP contribution in [0.2, 0.25) is 0 Å². The molecule has 0 bridgehead atoms. The van der Waals surface area contributed by atoms with Crippen LogP contribution < -0.4 is 14.4 Å². The van der Waals surface area contributed by atoms with Crippen LogP contribution in [0.25, 0.3) is 0 Å².